The fourth-order valence-corrected chi connectivity index (χ4v) is 3.64. The Labute approximate surface area is 112 Å². The third-order valence-electron chi connectivity index (χ3n) is 4.78. The van der Waals surface area contributed by atoms with Gasteiger partial charge in [0.2, 0.25) is 5.91 Å². The molecule has 19 heavy (non-hydrogen) atoms. The molecule has 1 N–H and O–H groups in total. The van der Waals surface area contributed by atoms with Crippen LogP contribution in [0.25, 0.3) is 0 Å². The number of fused-ring (bicyclic) bond motifs is 2. The van der Waals surface area contributed by atoms with Crippen LogP contribution in [0.3, 0.4) is 0 Å². The summed E-state index contributed by atoms with van der Waals surface area (Å²) in [4.78, 5) is 25.3. The monoisotopic (exact) mass is 267 g/mol. The first-order valence-corrected chi connectivity index (χ1v) is 7.30. The van der Waals surface area contributed by atoms with E-state index in [9.17, 15) is 9.59 Å². The molecule has 3 fully saturated rings. The number of rotatable bonds is 2. The fourth-order valence-electron chi connectivity index (χ4n) is 3.64. The predicted octanol–water partition coefficient (Wildman–Crippen LogP) is 1.27. The van der Waals surface area contributed by atoms with Crippen LogP contribution in [-0.2, 0) is 14.3 Å². The Kier molecular flexibility index (Phi) is 3.48. The van der Waals surface area contributed by atoms with E-state index in [4.69, 9.17) is 9.84 Å². The van der Waals surface area contributed by atoms with E-state index < -0.39 is 5.97 Å². The molecule has 3 rings (SSSR count). The summed E-state index contributed by atoms with van der Waals surface area (Å²) in [6.07, 6.45) is 5.34. The summed E-state index contributed by atoms with van der Waals surface area (Å²) < 4.78 is 5.74. The van der Waals surface area contributed by atoms with Crippen molar-refractivity contribution in [2.24, 2.45) is 11.8 Å². The van der Waals surface area contributed by atoms with Gasteiger partial charge in [0.05, 0.1) is 18.1 Å². The van der Waals surface area contributed by atoms with Gasteiger partial charge in [-0.2, -0.15) is 0 Å². The van der Waals surface area contributed by atoms with E-state index in [2.05, 4.69) is 0 Å². The molecule has 1 saturated carbocycles. The number of hydrogen-bond acceptors (Lipinski definition) is 3. The number of ether oxygens (including phenoxy) is 1. The number of aliphatic carboxylic acids is 1. The number of carboxylic acid groups (broad SMARTS) is 1. The quantitative estimate of drug-likeness (QED) is 0.818. The van der Waals surface area contributed by atoms with Gasteiger partial charge in [0.15, 0.2) is 0 Å². The molecule has 2 unspecified atom stereocenters. The van der Waals surface area contributed by atoms with Crippen molar-refractivity contribution in [3.05, 3.63) is 0 Å². The molecule has 0 radical (unpaired) electrons. The number of likely N-dealkylation sites (tertiary alicyclic amines) is 1. The van der Waals surface area contributed by atoms with Crippen LogP contribution in [0.15, 0.2) is 0 Å². The molecule has 2 atom stereocenters. The maximum atomic E-state index is 12.5. The van der Waals surface area contributed by atoms with Crippen molar-refractivity contribution in [2.45, 2.75) is 50.7 Å². The zero-order valence-electron chi connectivity index (χ0n) is 11.1. The molecule has 2 aliphatic heterocycles. The average Bonchev–Trinajstić information content (AvgIpc) is 2.76. The molecule has 2 bridgehead atoms. The van der Waals surface area contributed by atoms with E-state index >= 15 is 0 Å². The van der Waals surface area contributed by atoms with Crippen LogP contribution in [-0.4, -0.2) is 47.2 Å². The van der Waals surface area contributed by atoms with Crippen LogP contribution >= 0.6 is 0 Å². The number of hydrogen-bond donors (Lipinski definition) is 1. The zero-order valence-corrected chi connectivity index (χ0v) is 11.1. The van der Waals surface area contributed by atoms with Gasteiger partial charge >= 0.3 is 5.97 Å². The molecule has 0 aromatic rings. The molecule has 106 valence electrons. The van der Waals surface area contributed by atoms with E-state index in [-0.39, 0.29) is 30.0 Å². The predicted molar refractivity (Wildman–Crippen MR) is 67.6 cm³/mol. The van der Waals surface area contributed by atoms with Gasteiger partial charge in [-0.25, -0.2) is 0 Å². The third-order valence-corrected chi connectivity index (χ3v) is 4.78. The van der Waals surface area contributed by atoms with E-state index in [0.29, 0.717) is 12.8 Å². The van der Waals surface area contributed by atoms with Gasteiger partial charge in [-0.1, -0.05) is 0 Å². The molecule has 2 heterocycles. The SMILES string of the molecule is O=C(O)C1CCC(C(=O)N2CC3CCC(C2)O3)CC1. The van der Waals surface area contributed by atoms with Crippen molar-refractivity contribution in [3.63, 3.8) is 0 Å². The number of amides is 1. The fraction of sp³-hybridized carbons (Fsp3) is 0.857. The van der Waals surface area contributed by atoms with Gasteiger partial charge in [-0.15, -0.1) is 0 Å². The summed E-state index contributed by atoms with van der Waals surface area (Å²) >= 11 is 0. The topological polar surface area (TPSA) is 66.8 Å². The number of carbonyl (C=O) groups excluding carboxylic acids is 1. The molecular formula is C14H21NO4. The summed E-state index contributed by atoms with van der Waals surface area (Å²) in [5.74, 6) is -0.697. The Morgan fingerprint density at radius 1 is 0.895 bits per heavy atom. The minimum absolute atomic E-state index is 0.0353. The lowest BCUT2D eigenvalue weighted by atomic mass is 9.81. The Bertz CT molecular complexity index is 364. The van der Waals surface area contributed by atoms with Crippen LogP contribution in [0, 0.1) is 11.8 Å². The Morgan fingerprint density at radius 3 is 1.95 bits per heavy atom. The number of nitrogens with zero attached hydrogens (tertiary/aromatic N) is 1. The molecule has 0 aromatic heterocycles. The number of morpholine rings is 1. The van der Waals surface area contributed by atoms with Crippen molar-refractivity contribution < 1.29 is 19.4 Å². The summed E-state index contributed by atoms with van der Waals surface area (Å²) in [6.45, 7) is 1.46. The standard InChI is InChI=1S/C14H21NO4/c16-13(9-1-3-10(4-2-9)14(17)18)15-7-11-5-6-12(8-15)19-11/h9-12H,1-8H2,(H,17,18). The lowest BCUT2D eigenvalue weighted by Gasteiger charge is -2.36. The average molecular weight is 267 g/mol. The highest BCUT2D eigenvalue weighted by Crippen LogP contribution is 2.32. The third kappa shape index (κ3) is 2.61. The van der Waals surface area contributed by atoms with E-state index in [1.54, 1.807) is 0 Å². The first-order chi connectivity index (χ1) is 9.13. The van der Waals surface area contributed by atoms with Gasteiger partial charge in [-0.05, 0) is 38.5 Å². The zero-order chi connectivity index (χ0) is 13.4. The smallest absolute Gasteiger partial charge is 0.306 e. The van der Waals surface area contributed by atoms with Crippen LogP contribution in [0.5, 0.6) is 0 Å². The lowest BCUT2D eigenvalue weighted by molar-refractivity contribution is -0.149. The first kappa shape index (κ1) is 12.9. The van der Waals surface area contributed by atoms with Gasteiger partial charge in [0, 0.05) is 19.0 Å². The number of carbonyl (C=O) groups is 2. The largest absolute Gasteiger partial charge is 0.481 e. The summed E-state index contributed by atoms with van der Waals surface area (Å²) in [5.41, 5.74) is 0. The van der Waals surface area contributed by atoms with Crippen LogP contribution in [0.2, 0.25) is 0 Å². The molecular weight excluding hydrogens is 246 g/mol. The van der Waals surface area contributed by atoms with E-state index in [1.807, 2.05) is 4.90 Å². The summed E-state index contributed by atoms with van der Waals surface area (Å²) in [5, 5.41) is 8.98. The lowest BCUT2D eigenvalue weighted by Crippen LogP contribution is -2.48. The summed E-state index contributed by atoms with van der Waals surface area (Å²) in [7, 11) is 0. The van der Waals surface area contributed by atoms with Crippen molar-refractivity contribution in [2.75, 3.05) is 13.1 Å². The maximum Gasteiger partial charge on any atom is 0.306 e. The molecule has 0 aromatic carbocycles. The molecule has 5 nitrogen and oxygen atoms in total. The molecule has 2 saturated heterocycles. The van der Waals surface area contributed by atoms with Crippen LogP contribution < -0.4 is 0 Å². The van der Waals surface area contributed by atoms with Crippen LogP contribution in [0.1, 0.15) is 38.5 Å². The van der Waals surface area contributed by atoms with E-state index in [1.165, 1.54) is 0 Å². The van der Waals surface area contributed by atoms with Crippen molar-refractivity contribution in [1.82, 2.24) is 4.90 Å². The van der Waals surface area contributed by atoms with Gasteiger partial charge in [-0.3, -0.25) is 9.59 Å². The second-order valence-electron chi connectivity index (χ2n) is 6.09. The molecule has 0 spiro atoms. The maximum absolute atomic E-state index is 12.5. The molecule has 1 amide bonds. The Morgan fingerprint density at radius 2 is 1.42 bits per heavy atom. The highest BCUT2D eigenvalue weighted by molar-refractivity contribution is 5.79. The van der Waals surface area contributed by atoms with Crippen molar-refractivity contribution in [3.8, 4) is 0 Å². The molecule has 1 aliphatic carbocycles. The molecule has 5 heteroatoms. The van der Waals surface area contributed by atoms with Gasteiger partial charge in [0.25, 0.3) is 0 Å². The second-order valence-corrected chi connectivity index (χ2v) is 6.09. The summed E-state index contributed by atoms with van der Waals surface area (Å²) in [6, 6.07) is 0. The van der Waals surface area contributed by atoms with Crippen molar-refractivity contribution >= 4 is 11.9 Å². The first-order valence-electron chi connectivity index (χ1n) is 7.30. The normalized spacial score (nSPS) is 38.2. The minimum Gasteiger partial charge on any atom is -0.481 e. The molecule has 3 aliphatic rings. The Balaban J connectivity index is 1.55. The highest BCUT2D eigenvalue weighted by Gasteiger charge is 2.39. The highest BCUT2D eigenvalue weighted by atomic mass is 16.5. The second kappa shape index (κ2) is 5.12. The van der Waals surface area contributed by atoms with E-state index in [0.717, 1.165) is 38.8 Å². The van der Waals surface area contributed by atoms with Crippen molar-refractivity contribution in [1.29, 1.82) is 0 Å². The van der Waals surface area contributed by atoms with Gasteiger partial charge in [0.1, 0.15) is 0 Å². The van der Waals surface area contributed by atoms with Gasteiger partial charge < -0.3 is 14.7 Å². The van der Waals surface area contributed by atoms with Crippen LogP contribution in [0.4, 0.5) is 0 Å². The number of carboxylic acids is 1. The minimum atomic E-state index is -0.713. The Hall–Kier alpha value is -1.10.